The van der Waals surface area contributed by atoms with Crippen molar-refractivity contribution in [3.05, 3.63) is 23.8 Å². The molecule has 2 fully saturated rings. The monoisotopic (exact) mass is 317 g/mol. The topological polar surface area (TPSA) is 56.8 Å². The van der Waals surface area contributed by atoms with Gasteiger partial charge in [-0.15, -0.1) is 0 Å². The summed E-state index contributed by atoms with van der Waals surface area (Å²) in [7, 11) is 0. The van der Waals surface area contributed by atoms with Crippen molar-refractivity contribution in [1.82, 2.24) is 5.32 Å². The van der Waals surface area contributed by atoms with E-state index < -0.39 is 0 Å². The molecule has 2 heterocycles. The second-order valence-electron chi connectivity index (χ2n) is 6.76. The number of amides is 1. The van der Waals surface area contributed by atoms with Crippen LogP contribution in [0.25, 0.3) is 0 Å². The van der Waals surface area contributed by atoms with Gasteiger partial charge < -0.3 is 19.5 Å². The quantitative estimate of drug-likeness (QED) is 0.911. The van der Waals surface area contributed by atoms with E-state index in [-0.39, 0.29) is 17.6 Å². The molecule has 0 radical (unpaired) electrons. The van der Waals surface area contributed by atoms with Gasteiger partial charge in [-0.1, -0.05) is 25.3 Å². The van der Waals surface area contributed by atoms with Crippen LogP contribution in [0.5, 0.6) is 11.5 Å². The number of ether oxygens (including phenoxy) is 3. The molecule has 1 aromatic rings. The normalized spacial score (nSPS) is 25.3. The Morgan fingerprint density at radius 1 is 1.13 bits per heavy atom. The Labute approximate surface area is 136 Å². The molecule has 5 nitrogen and oxygen atoms in total. The van der Waals surface area contributed by atoms with Gasteiger partial charge in [0.05, 0.1) is 23.8 Å². The van der Waals surface area contributed by atoms with Crippen molar-refractivity contribution < 1.29 is 19.0 Å². The highest BCUT2D eigenvalue weighted by molar-refractivity contribution is 5.98. The van der Waals surface area contributed by atoms with Crippen molar-refractivity contribution in [1.29, 1.82) is 0 Å². The molecule has 1 amide bonds. The SMILES string of the molecule is O=C(N[C@@H]1COC2(CCCCC2)C1)c1cccc2c1OCCO2. The zero-order chi connectivity index (χ0) is 15.7. The molecule has 0 bridgehead atoms. The number of hydrogen-bond acceptors (Lipinski definition) is 4. The number of fused-ring (bicyclic) bond motifs is 1. The molecule has 5 heteroatoms. The van der Waals surface area contributed by atoms with Gasteiger partial charge in [-0.25, -0.2) is 0 Å². The average molecular weight is 317 g/mol. The lowest BCUT2D eigenvalue weighted by molar-refractivity contribution is -0.0246. The molecule has 124 valence electrons. The summed E-state index contributed by atoms with van der Waals surface area (Å²) in [5, 5.41) is 3.12. The number of benzene rings is 1. The molecule has 23 heavy (non-hydrogen) atoms. The maximum absolute atomic E-state index is 12.6. The third-order valence-electron chi connectivity index (χ3n) is 5.12. The van der Waals surface area contributed by atoms with Gasteiger partial charge in [-0.05, 0) is 31.4 Å². The highest BCUT2D eigenvalue weighted by atomic mass is 16.6. The average Bonchev–Trinajstić information content (AvgIpc) is 2.97. The predicted molar refractivity (Wildman–Crippen MR) is 85.1 cm³/mol. The van der Waals surface area contributed by atoms with E-state index in [9.17, 15) is 4.79 Å². The zero-order valence-corrected chi connectivity index (χ0v) is 13.3. The molecule has 3 aliphatic rings. The van der Waals surface area contributed by atoms with Crippen LogP contribution in [-0.2, 0) is 4.74 Å². The Kier molecular flexibility index (Phi) is 3.89. The van der Waals surface area contributed by atoms with Crippen molar-refractivity contribution >= 4 is 5.91 Å². The van der Waals surface area contributed by atoms with Crippen LogP contribution in [0, 0.1) is 0 Å². The molecule has 2 aliphatic heterocycles. The summed E-state index contributed by atoms with van der Waals surface area (Å²) in [4.78, 5) is 12.6. The minimum Gasteiger partial charge on any atom is -0.486 e. The first-order chi connectivity index (χ1) is 11.3. The Hall–Kier alpha value is -1.75. The molecule has 1 N–H and O–H groups in total. The van der Waals surface area contributed by atoms with Gasteiger partial charge in [-0.2, -0.15) is 0 Å². The Balaban J connectivity index is 1.45. The van der Waals surface area contributed by atoms with Crippen molar-refractivity contribution in [3.63, 3.8) is 0 Å². The van der Waals surface area contributed by atoms with Crippen molar-refractivity contribution in [3.8, 4) is 11.5 Å². The van der Waals surface area contributed by atoms with E-state index >= 15 is 0 Å². The number of rotatable bonds is 2. The molecule has 1 saturated heterocycles. The fraction of sp³-hybridized carbons (Fsp3) is 0.611. The van der Waals surface area contributed by atoms with Crippen LogP contribution in [-0.4, -0.2) is 37.4 Å². The van der Waals surface area contributed by atoms with Gasteiger partial charge in [0.1, 0.15) is 13.2 Å². The van der Waals surface area contributed by atoms with E-state index in [1.54, 1.807) is 6.07 Å². The lowest BCUT2D eigenvalue weighted by Gasteiger charge is -2.32. The fourth-order valence-electron chi connectivity index (χ4n) is 4.00. The maximum Gasteiger partial charge on any atom is 0.255 e. The molecule has 1 aliphatic carbocycles. The second kappa shape index (κ2) is 6.04. The first-order valence-electron chi connectivity index (χ1n) is 8.59. The van der Waals surface area contributed by atoms with Crippen LogP contribution in [0.2, 0.25) is 0 Å². The van der Waals surface area contributed by atoms with E-state index in [0.717, 1.165) is 19.3 Å². The summed E-state index contributed by atoms with van der Waals surface area (Å²) < 4.78 is 17.3. The van der Waals surface area contributed by atoms with E-state index in [1.807, 2.05) is 12.1 Å². The van der Waals surface area contributed by atoms with Crippen LogP contribution in [0.4, 0.5) is 0 Å². The number of nitrogens with one attached hydrogen (secondary N) is 1. The maximum atomic E-state index is 12.6. The first kappa shape index (κ1) is 14.8. The highest BCUT2D eigenvalue weighted by Gasteiger charge is 2.41. The smallest absolute Gasteiger partial charge is 0.255 e. The van der Waals surface area contributed by atoms with E-state index in [1.165, 1.54) is 19.3 Å². The molecule has 0 aromatic heterocycles. The molecule has 1 aromatic carbocycles. The summed E-state index contributed by atoms with van der Waals surface area (Å²) in [5.41, 5.74) is 0.554. The van der Waals surface area contributed by atoms with Gasteiger partial charge in [0, 0.05) is 0 Å². The summed E-state index contributed by atoms with van der Waals surface area (Å²) in [6, 6.07) is 5.53. The molecular formula is C18H23NO4. The van der Waals surface area contributed by atoms with Gasteiger partial charge in [0.15, 0.2) is 11.5 Å². The number of para-hydroxylation sites is 1. The molecule has 1 atom stereocenters. The van der Waals surface area contributed by atoms with Crippen molar-refractivity contribution in [2.45, 2.75) is 50.2 Å². The largest absolute Gasteiger partial charge is 0.486 e. The van der Waals surface area contributed by atoms with Crippen LogP contribution < -0.4 is 14.8 Å². The third-order valence-corrected chi connectivity index (χ3v) is 5.12. The highest BCUT2D eigenvalue weighted by Crippen LogP contribution is 2.40. The molecule has 1 saturated carbocycles. The fourth-order valence-corrected chi connectivity index (χ4v) is 4.00. The Morgan fingerprint density at radius 3 is 2.83 bits per heavy atom. The predicted octanol–water partition coefficient (Wildman–Crippen LogP) is 2.68. The van der Waals surface area contributed by atoms with Crippen molar-refractivity contribution in [2.75, 3.05) is 19.8 Å². The Morgan fingerprint density at radius 2 is 1.96 bits per heavy atom. The van der Waals surface area contributed by atoms with Gasteiger partial charge in [0.25, 0.3) is 5.91 Å². The summed E-state index contributed by atoms with van der Waals surface area (Å²) in [6.45, 7) is 1.61. The van der Waals surface area contributed by atoms with Gasteiger partial charge in [-0.3, -0.25) is 4.79 Å². The molecule has 4 rings (SSSR count). The lowest BCUT2D eigenvalue weighted by atomic mass is 9.82. The van der Waals surface area contributed by atoms with Crippen molar-refractivity contribution in [2.24, 2.45) is 0 Å². The number of hydrogen-bond donors (Lipinski definition) is 1. The standard InChI is InChI=1S/C18H23NO4/c20-17(14-5-4-6-15-16(14)22-10-9-21-15)19-13-11-18(23-12-13)7-2-1-3-8-18/h4-6,13H,1-3,7-12H2,(H,19,20)/t13-/m0/s1. The molecular weight excluding hydrogens is 294 g/mol. The van der Waals surface area contributed by atoms with Crippen LogP contribution in [0.1, 0.15) is 48.9 Å². The van der Waals surface area contributed by atoms with E-state index in [2.05, 4.69) is 5.32 Å². The number of carbonyl (C=O) groups excluding carboxylic acids is 1. The molecule has 1 spiro atoms. The number of carbonyl (C=O) groups is 1. The Bertz CT molecular complexity index is 595. The minimum absolute atomic E-state index is 0.00588. The summed E-state index contributed by atoms with van der Waals surface area (Å²) in [5.74, 6) is 1.10. The summed E-state index contributed by atoms with van der Waals surface area (Å²) in [6.07, 6.45) is 6.94. The molecule has 0 unspecified atom stereocenters. The van der Waals surface area contributed by atoms with E-state index in [4.69, 9.17) is 14.2 Å². The minimum atomic E-state index is -0.103. The van der Waals surface area contributed by atoms with Gasteiger partial charge in [0.2, 0.25) is 0 Å². The zero-order valence-electron chi connectivity index (χ0n) is 13.3. The third kappa shape index (κ3) is 2.90. The second-order valence-corrected chi connectivity index (χ2v) is 6.76. The lowest BCUT2D eigenvalue weighted by Crippen LogP contribution is -2.37. The van der Waals surface area contributed by atoms with Crippen LogP contribution >= 0.6 is 0 Å². The first-order valence-corrected chi connectivity index (χ1v) is 8.59. The van der Waals surface area contributed by atoms with Crippen LogP contribution in [0.3, 0.4) is 0 Å². The van der Waals surface area contributed by atoms with Crippen LogP contribution in [0.15, 0.2) is 18.2 Å². The summed E-state index contributed by atoms with van der Waals surface area (Å²) >= 11 is 0. The van der Waals surface area contributed by atoms with E-state index in [0.29, 0.717) is 36.9 Å². The van der Waals surface area contributed by atoms with Gasteiger partial charge >= 0.3 is 0 Å².